The van der Waals surface area contributed by atoms with Gasteiger partial charge in [-0.1, -0.05) is 60.3 Å². The molecule has 0 atom stereocenters. The number of nitrogens with zero attached hydrogens (tertiary/aromatic N) is 3. The lowest BCUT2D eigenvalue weighted by Crippen LogP contribution is -2.11. The van der Waals surface area contributed by atoms with Crippen molar-refractivity contribution < 1.29 is 9.53 Å². The summed E-state index contributed by atoms with van der Waals surface area (Å²) in [6, 6.07) is 24.8. The molecule has 33 heavy (non-hydrogen) atoms. The molecular formula is C26H24N4O2S. The van der Waals surface area contributed by atoms with Crippen molar-refractivity contribution in [1.82, 2.24) is 14.8 Å². The lowest BCUT2D eigenvalue weighted by molar-refractivity contribution is 0.102. The Morgan fingerprint density at radius 1 is 1.06 bits per heavy atom. The van der Waals surface area contributed by atoms with Crippen molar-refractivity contribution in [2.45, 2.75) is 17.5 Å². The van der Waals surface area contributed by atoms with Crippen molar-refractivity contribution in [1.29, 1.82) is 0 Å². The number of rotatable bonds is 9. The first kappa shape index (κ1) is 22.4. The van der Waals surface area contributed by atoms with Crippen LogP contribution in [0.1, 0.15) is 15.9 Å². The second kappa shape index (κ2) is 10.7. The number of allylic oxidation sites excluding steroid dienone is 1. The summed E-state index contributed by atoms with van der Waals surface area (Å²) in [5, 5.41) is 12.5. The van der Waals surface area contributed by atoms with Crippen molar-refractivity contribution >= 4 is 23.4 Å². The summed E-state index contributed by atoms with van der Waals surface area (Å²) in [5.41, 5.74) is 3.27. The molecule has 0 aliphatic carbocycles. The summed E-state index contributed by atoms with van der Waals surface area (Å²) in [5.74, 6) is 1.98. The molecule has 1 aromatic heterocycles. The van der Waals surface area contributed by atoms with E-state index in [1.165, 1.54) is 0 Å². The van der Waals surface area contributed by atoms with Crippen LogP contribution in [0.15, 0.2) is 96.7 Å². The molecule has 7 heteroatoms. The SMILES string of the molecule is C=CCn1c(SCc2cccc(C(=O)Nc3ccccc3)c2)nnc1-c1ccccc1OC. The largest absolute Gasteiger partial charge is 0.496 e. The van der Waals surface area contributed by atoms with Gasteiger partial charge in [0.15, 0.2) is 11.0 Å². The Morgan fingerprint density at radius 2 is 1.85 bits per heavy atom. The third kappa shape index (κ3) is 5.32. The van der Waals surface area contributed by atoms with Crippen molar-refractivity contribution in [2.75, 3.05) is 12.4 Å². The highest BCUT2D eigenvalue weighted by molar-refractivity contribution is 7.98. The highest BCUT2D eigenvalue weighted by atomic mass is 32.2. The number of carbonyl (C=O) groups is 1. The Labute approximate surface area is 197 Å². The minimum atomic E-state index is -0.138. The van der Waals surface area contributed by atoms with Gasteiger partial charge in [0.2, 0.25) is 0 Å². The lowest BCUT2D eigenvalue weighted by Gasteiger charge is -2.11. The molecule has 0 bridgehead atoms. The zero-order chi connectivity index (χ0) is 23.0. The lowest BCUT2D eigenvalue weighted by atomic mass is 10.1. The van der Waals surface area contributed by atoms with Gasteiger partial charge in [0, 0.05) is 23.5 Å². The molecule has 1 amide bonds. The number of thioether (sulfide) groups is 1. The molecule has 0 aliphatic heterocycles. The average Bonchev–Trinajstić information content (AvgIpc) is 3.26. The molecule has 6 nitrogen and oxygen atoms in total. The first-order valence-corrected chi connectivity index (χ1v) is 11.4. The van der Waals surface area contributed by atoms with Crippen LogP contribution in [-0.2, 0) is 12.3 Å². The average molecular weight is 457 g/mol. The standard InChI is InChI=1S/C26H24N4O2S/c1-3-16-30-24(22-14-7-8-15-23(22)32-2)28-29-26(30)33-18-19-10-9-11-20(17-19)25(31)27-21-12-5-4-6-13-21/h3-15,17H,1,16,18H2,2H3,(H,27,31). The Balaban J connectivity index is 1.51. The van der Waals surface area contributed by atoms with E-state index < -0.39 is 0 Å². The van der Waals surface area contributed by atoms with E-state index in [0.717, 1.165) is 33.5 Å². The van der Waals surface area contributed by atoms with Gasteiger partial charge < -0.3 is 10.1 Å². The molecule has 0 saturated carbocycles. The molecule has 0 spiro atoms. The van der Waals surface area contributed by atoms with Crippen LogP contribution in [0.3, 0.4) is 0 Å². The predicted octanol–water partition coefficient (Wildman–Crippen LogP) is 5.68. The number of aromatic nitrogens is 3. The smallest absolute Gasteiger partial charge is 0.255 e. The van der Waals surface area contributed by atoms with E-state index in [0.29, 0.717) is 17.9 Å². The van der Waals surface area contributed by atoms with Crippen LogP contribution in [0.2, 0.25) is 0 Å². The van der Waals surface area contributed by atoms with Gasteiger partial charge in [0.05, 0.1) is 12.7 Å². The Kier molecular flexibility index (Phi) is 7.22. The molecule has 166 valence electrons. The molecular weight excluding hydrogens is 432 g/mol. The zero-order valence-corrected chi connectivity index (χ0v) is 19.1. The van der Waals surface area contributed by atoms with Crippen LogP contribution in [0, 0.1) is 0 Å². The molecule has 0 saturated heterocycles. The maximum absolute atomic E-state index is 12.6. The van der Waals surface area contributed by atoms with E-state index in [4.69, 9.17) is 4.74 Å². The van der Waals surface area contributed by atoms with Gasteiger partial charge in [-0.3, -0.25) is 9.36 Å². The number of para-hydroxylation sites is 2. The van der Waals surface area contributed by atoms with Gasteiger partial charge in [-0.25, -0.2) is 0 Å². The number of nitrogens with one attached hydrogen (secondary N) is 1. The summed E-state index contributed by atoms with van der Waals surface area (Å²) in [6.45, 7) is 4.45. The van der Waals surface area contributed by atoms with Gasteiger partial charge in [0.25, 0.3) is 5.91 Å². The van der Waals surface area contributed by atoms with Crippen LogP contribution in [0.4, 0.5) is 5.69 Å². The number of ether oxygens (including phenoxy) is 1. The van der Waals surface area contributed by atoms with E-state index in [1.807, 2.05) is 89.5 Å². The summed E-state index contributed by atoms with van der Waals surface area (Å²) in [7, 11) is 1.64. The van der Waals surface area contributed by atoms with E-state index in [1.54, 1.807) is 18.9 Å². The maximum Gasteiger partial charge on any atom is 0.255 e. The summed E-state index contributed by atoms with van der Waals surface area (Å²) in [6.07, 6.45) is 1.82. The number of hydrogen-bond acceptors (Lipinski definition) is 5. The molecule has 0 unspecified atom stereocenters. The summed E-state index contributed by atoms with van der Waals surface area (Å²) >= 11 is 1.56. The van der Waals surface area contributed by atoms with Crippen molar-refractivity contribution in [3.05, 3.63) is 103 Å². The quantitative estimate of drug-likeness (QED) is 0.259. The topological polar surface area (TPSA) is 69.0 Å². The number of carbonyl (C=O) groups excluding carboxylic acids is 1. The number of methoxy groups -OCH3 is 1. The van der Waals surface area contributed by atoms with Crippen LogP contribution in [0.5, 0.6) is 5.75 Å². The fourth-order valence-corrected chi connectivity index (χ4v) is 4.28. The zero-order valence-electron chi connectivity index (χ0n) is 18.3. The Morgan fingerprint density at radius 3 is 2.64 bits per heavy atom. The number of amides is 1. The van der Waals surface area contributed by atoms with Gasteiger partial charge in [-0.05, 0) is 42.0 Å². The number of hydrogen-bond donors (Lipinski definition) is 1. The molecule has 4 rings (SSSR count). The monoisotopic (exact) mass is 456 g/mol. The second-order valence-electron chi connectivity index (χ2n) is 7.21. The minimum absolute atomic E-state index is 0.138. The van der Waals surface area contributed by atoms with Crippen molar-refractivity contribution in [3.63, 3.8) is 0 Å². The van der Waals surface area contributed by atoms with E-state index >= 15 is 0 Å². The van der Waals surface area contributed by atoms with Crippen molar-refractivity contribution in [2.24, 2.45) is 0 Å². The predicted molar refractivity (Wildman–Crippen MR) is 133 cm³/mol. The molecule has 0 fully saturated rings. The summed E-state index contributed by atoms with van der Waals surface area (Å²) < 4.78 is 7.51. The molecule has 1 N–H and O–H groups in total. The van der Waals surface area contributed by atoms with E-state index in [2.05, 4.69) is 22.1 Å². The van der Waals surface area contributed by atoms with Gasteiger partial charge in [-0.2, -0.15) is 0 Å². The minimum Gasteiger partial charge on any atom is -0.496 e. The van der Waals surface area contributed by atoms with E-state index in [-0.39, 0.29) is 5.91 Å². The number of benzene rings is 3. The van der Waals surface area contributed by atoms with Crippen LogP contribution in [-0.4, -0.2) is 27.8 Å². The van der Waals surface area contributed by atoms with Gasteiger partial charge >= 0.3 is 0 Å². The van der Waals surface area contributed by atoms with Crippen LogP contribution in [0.25, 0.3) is 11.4 Å². The Hall–Kier alpha value is -3.84. The first-order chi connectivity index (χ1) is 16.2. The van der Waals surface area contributed by atoms with Crippen LogP contribution < -0.4 is 10.1 Å². The molecule has 0 aliphatic rings. The second-order valence-corrected chi connectivity index (χ2v) is 8.16. The molecule has 3 aromatic carbocycles. The number of anilines is 1. The maximum atomic E-state index is 12.6. The van der Waals surface area contributed by atoms with Crippen molar-refractivity contribution in [3.8, 4) is 17.1 Å². The first-order valence-electron chi connectivity index (χ1n) is 10.4. The third-order valence-corrected chi connectivity index (χ3v) is 6.00. The molecule has 4 aromatic rings. The highest BCUT2D eigenvalue weighted by Gasteiger charge is 2.17. The summed E-state index contributed by atoms with van der Waals surface area (Å²) in [4.78, 5) is 12.6. The highest BCUT2D eigenvalue weighted by Crippen LogP contribution is 2.32. The Bertz CT molecular complexity index is 1250. The van der Waals surface area contributed by atoms with Gasteiger partial charge in [0.1, 0.15) is 5.75 Å². The fraction of sp³-hybridized carbons (Fsp3) is 0.115. The molecule has 0 radical (unpaired) electrons. The van der Waals surface area contributed by atoms with Crippen LogP contribution >= 0.6 is 11.8 Å². The van der Waals surface area contributed by atoms with E-state index in [9.17, 15) is 4.79 Å². The normalized spacial score (nSPS) is 10.6. The fourth-order valence-electron chi connectivity index (χ4n) is 3.39. The third-order valence-electron chi connectivity index (χ3n) is 4.97. The molecule has 1 heterocycles. The van der Waals surface area contributed by atoms with Gasteiger partial charge in [-0.15, -0.1) is 16.8 Å².